The van der Waals surface area contributed by atoms with E-state index in [9.17, 15) is 0 Å². The predicted octanol–water partition coefficient (Wildman–Crippen LogP) is 5.18. The van der Waals surface area contributed by atoms with E-state index in [4.69, 9.17) is 5.73 Å². The van der Waals surface area contributed by atoms with Crippen LogP contribution in [0.25, 0.3) is 0 Å². The summed E-state index contributed by atoms with van der Waals surface area (Å²) in [7, 11) is 2.15. The second-order valence-electron chi connectivity index (χ2n) is 5.21. The molecule has 114 valence electrons. The van der Waals surface area contributed by atoms with Gasteiger partial charge in [0.1, 0.15) is 0 Å². The zero-order chi connectivity index (χ0) is 15.4. The molecule has 2 nitrogen and oxygen atoms in total. The number of nitrogens with zero attached hydrogens (tertiary/aromatic N) is 1. The van der Waals surface area contributed by atoms with Crippen LogP contribution in [0.4, 0.5) is 0 Å². The van der Waals surface area contributed by atoms with E-state index in [1.807, 2.05) is 0 Å². The van der Waals surface area contributed by atoms with Crippen LogP contribution in [0.2, 0.25) is 0 Å². The van der Waals surface area contributed by atoms with Crippen LogP contribution >= 0.6 is 43.2 Å². The lowest BCUT2D eigenvalue weighted by Gasteiger charge is -2.32. The molecule has 1 aromatic carbocycles. The van der Waals surface area contributed by atoms with Crippen LogP contribution in [0.5, 0.6) is 0 Å². The molecule has 2 unspecified atom stereocenters. The molecular formula is C16H20Br2N2S. The molecule has 0 radical (unpaired) electrons. The van der Waals surface area contributed by atoms with Gasteiger partial charge < -0.3 is 5.73 Å². The summed E-state index contributed by atoms with van der Waals surface area (Å²) in [6, 6.07) is 11.0. The molecule has 0 spiro atoms. The minimum absolute atomic E-state index is 0.125. The first-order chi connectivity index (χ1) is 10.0. The van der Waals surface area contributed by atoms with Crippen molar-refractivity contribution in [1.82, 2.24) is 4.90 Å². The number of thiophene rings is 1. The van der Waals surface area contributed by atoms with Gasteiger partial charge in [-0.1, -0.05) is 35.0 Å². The number of likely N-dealkylation sites (N-methyl/N-ethyl adjacent to an activating group) is 1. The molecule has 2 N–H and O–H groups in total. The lowest BCUT2D eigenvalue weighted by molar-refractivity contribution is 0.203. The van der Waals surface area contributed by atoms with Crippen molar-refractivity contribution < 1.29 is 0 Å². The molecule has 21 heavy (non-hydrogen) atoms. The third-order valence-electron chi connectivity index (χ3n) is 3.59. The van der Waals surface area contributed by atoms with Crippen LogP contribution in [-0.2, 0) is 6.54 Å². The van der Waals surface area contributed by atoms with Gasteiger partial charge in [-0.3, -0.25) is 4.90 Å². The van der Waals surface area contributed by atoms with Crippen LogP contribution in [0.3, 0.4) is 0 Å². The molecule has 0 aliphatic carbocycles. The van der Waals surface area contributed by atoms with E-state index in [1.54, 1.807) is 11.3 Å². The molecule has 0 saturated carbocycles. The van der Waals surface area contributed by atoms with E-state index < -0.39 is 0 Å². The fraction of sp³-hybridized carbons (Fsp3) is 0.375. The maximum Gasteiger partial charge on any atom is 0.0499 e. The topological polar surface area (TPSA) is 29.3 Å². The first-order valence-electron chi connectivity index (χ1n) is 6.95. The van der Waals surface area contributed by atoms with E-state index in [0.29, 0.717) is 0 Å². The molecule has 0 saturated heterocycles. The number of halogens is 2. The van der Waals surface area contributed by atoms with Gasteiger partial charge in [0.2, 0.25) is 0 Å². The van der Waals surface area contributed by atoms with Crippen molar-refractivity contribution in [2.45, 2.75) is 32.0 Å². The normalized spacial score (nSPS) is 14.4. The molecule has 5 heteroatoms. The second kappa shape index (κ2) is 7.88. The van der Waals surface area contributed by atoms with E-state index >= 15 is 0 Å². The number of hydrogen-bond acceptors (Lipinski definition) is 3. The van der Waals surface area contributed by atoms with Gasteiger partial charge in [-0.05, 0) is 53.2 Å². The summed E-state index contributed by atoms with van der Waals surface area (Å²) in [5.74, 6) is 0. The van der Waals surface area contributed by atoms with Gasteiger partial charge in [0.15, 0.2) is 0 Å². The Bertz CT molecular complexity index is 568. The highest BCUT2D eigenvalue weighted by atomic mass is 79.9. The van der Waals surface area contributed by atoms with Gasteiger partial charge in [-0.15, -0.1) is 11.3 Å². The van der Waals surface area contributed by atoms with Gasteiger partial charge >= 0.3 is 0 Å². The Hall–Kier alpha value is -0.200. The van der Waals surface area contributed by atoms with Gasteiger partial charge in [-0.25, -0.2) is 0 Å². The van der Waals surface area contributed by atoms with Crippen molar-refractivity contribution >= 4 is 43.2 Å². The Balaban J connectivity index is 2.20. The lowest BCUT2D eigenvalue weighted by Crippen LogP contribution is -2.38. The van der Waals surface area contributed by atoms with Crippen molar-refractivity contribution in [3.05, 3.63) is 55.1 Å². The molecule has 0 bridgehead atoms. The highest BCUT2D eigenvalue weighted by Gasteiger charge is 2.23. The van der Waals surface area contributed by atoms with E-state index in [-0.39, 0.29) is 12.1 Å². The van der Waals surface area contributed by atoms with Crippen molar-refractivity contribution in [2.75, 3.05) is 7.05 Å². The summed E-state index contributed by atoms with van der Waals surface area (Å²) in [5.41, 5.74) is 7.66. The summed E-state index contributed by atoms with van der Waals surface area (Å²) in [4.78, 5) is 3.69. The van der Waals surface area contributed by atoms with Gasteiger partial charge in [0.05, 0.1) is 0 Å². The van der Waals surface area contributed by atoms with Gasteiger partial charge in [-0.2, -0.15) is 0 Å². The lowest BCUT2D eigenvalue weighted by atomic mass is 9.96. The standard InChI is InChI=1S/C16H20Br2N2S/c1-3-15(19)16(11-4-6-12(17)7-5-11)20(2)9-14-8-13(18)10-21-14/h4-8,10,15-16H,3,9,19H2,1-2H3. The number of nitrogens with two attached hydrogens (primary N) is 1. The van der Waals surface area contributed by atoms with Crippen LogP contribution in [0.15, 0.2) is 44.7 Å². The quantitative estimate of drug-likeness (QED) is 0.682. The van der Waals surface area contributed by atoms with Gasteiger partial charge in [0.25, 0.3) is 0 Å². The molecule has 1 heterocycles. The van der Waals surface area contributed by atoms with Crippen molar-refractivity contribution in [3.8, 4) is 0 Å². The Morgan fingerprint density at radius 1 is 1.19 bits per heavy atom. The fourth-order valence-electron chi connectivity index (χ4n) is 2.49. The van der Waals surface area contributed by atoms with E-state index in [2.05, 4.69) is 86.4 Å². The SMILES string of the molecule is CCC(N)C(c1ccc(Br)cc1)N(C)Cc1cc(Br)cs1. The molecule has 0 aliphatic heterocycles. The number of hydrogen-bond donors (Lipinski definition) is 1. The molecule has 2 atom stereocenters. The third kappa shape index (κ3) is 4.63. The average Bonchev–Trinajstić information content (AvgIpc) is 2.86. The first-order valence-corrected chi connectivity index (χ1v) is 9.42. The number of benzene rings is 1. The summed E-state index contributed by atoms with van der Waals surface area (Å²) in [6.07, 6.45) is 0.958. The highest BCUT2D eigenvalue weighted by molar-refractivity contribution is 9.10. The van der Waals surface area contributed by atoms with Crippen LogP contribution in [0, 0.1) is 0 Å². The average molecular weight is 432 g/mol. The maximum atomic E-state index is 6.39. The van der Waals surface area contributed by atoms with E-state index in [1.165, 1.54) is 10.4 Å². The molecule has 2 rings (SSSR count). The largest absolute Gasteiger partial charge is 0.326 e. The zero-order valence-corrected chi connectivity index (χ0v) is 16.2. The predicted molar refractivity (Wildman–Crippen MR) is 98.6 cm³/mol. The molecular weight excluding hydrogens is 412 g/mol. The van der Waals surface area contributed by atoms with Crippen molar-refractivity contribution in [3.63, 3.8) is 0 Å². The zero-order valence-electron chi connectivity index (χ0n) is 12.2. The second-order valence-corrected chi connectivity index (χ2v) is 8.04. The van der Waals surface area contributed by atoms with Crippen LogP contribution in [-0.4, -0.2) is 18.0 Å². The Morgan fingerprint density at radius 3 is 2.38 bits per heavy atom. The maximum absolute atomic E-state index is 6.39. The molecule has 1 aromatic heterocycles. The Kier molecular flexibility index (Phi) is 6.44. The smallest absolute Gasteiger partial charge is 0.0499 e. The summed E-state index contributed by atoms with van der Waals surface area (Å²) in [6.45, 7) is 3.05. The van der Waals surface area contributed by atoms with Crippen molar-refractivity contribution in [2.24, 2.45) is 5.73 Å². The third-order valence-corrected chi connectivity index (χ3v) is 5.80. The van der Waals surface area contributed by atoms with Crippen LogP contribution < -0.4 is 5.73 Å². The molecule has 0 fully saturated rings. The molecule has 2 aromatic rings. The summed E-state index contributed by atoms with van der Waals surface area (Å²) >= 11 is 8.79. The molecule has 0 aliphatic rings. The summed E-state index contributed by atoms with van der Waals surface area (Å²) in [5, 5.41) is 2.12. The Morgan fingerprint density at radius 2 is 1.86 bits per heavy atom. The minimum Gasteiger partial charge on any atom is -0.326 e. The minimum atomic E-state index is 0.125. The van der Waals surface area contributed by atoms with E-state index in [0.717, 1.165) is 21.9 Å². The number of rotatable bonds is 6. The summed E-state index contributed by atoms with van der Waals surface area (Å²) < 4.78 is 2.25. The van der Waals surface area contributed by atoms with Gasteiger partial charge in [0, 0.05) is 37.8 Å². The monoisotopic (exact) mass is 430 g/mol. The first kappa shape index (κ1) is 17.2. The Labute approximate surface area is 147 Å². The van der Waals surface area contributed by atoms with Crippen molar-refractivity contribution in [1.29, 1.82) is 0 Å². The molecule has 0 amide bonds. The highest BCUT2D eigenvalue weighted by Crippen LogP contribution is 2.29. The fourth-order valence-corrected chi connectivity index (χ4v) is 4.27. The van der Waals surface area contributed by atoms with Crippen LogP contribution in [0.1, 0.15) is 29.8 Å².